The Morgan fingerprint density at radius 2 is 2.23 bits per heavy atom. The van der Waals surface area contributed by atoms with Crippen molar-refractivity contribution in [2.24, 2.45) is 4.99 Å². The smallest absolute Gasteiger partial charge is 0.0751 e. The summed E-state index contributed by atoms with van der Waals surface area (Å²) in [7, 11) is 0. The second-order valence-corrected chi connectivity index (χ2v) is 4.94. The molecule has 0 saturated carbocycles. The molecule has 0 aliphatic carbocycles. The number of hydrogen-bond acceptors (Lipinski definition) is 2. The number of alkyl halides is 1. The van der Waals surface area contributed by atoms with Gasteiger partial charge < -0.3 is 0 Å². The van der Waals surface area contributed by atoms with Crippen LogP contribution in [-0.2, 0) is 0 Å². The maximum atomic E-state index is 4.52. The first kappa shape index (κ1) is 11.1. The molecule has 0 bridgehead atoms. The molecule has 0 aliphatic heterocycles. The fourth-order valence-corrected chi connectivity index (χ4v) is 2.48. The standard InChI is InChI=1S/C9H7Br2NS/c1-6(10)8-3-2-7(12-5-13)4-9(8)11/h2-4,6H,1H3. The molecule has 0 fully saturated rings. The Morgan fingerprint density at radius 1 is 1.54 bits per heavy atom. The summed E-state index contributed by atoms with van der Waals surface area (Å²) in [6.07, 6.45) is 0. The molecule has 0 aromatic heterocycles. The molecule has 1 nitrogen and oxygen atoms in total. The van der Waals surface area contributed by atoms with Crippen molar-refractivity contribution in [3.63, 3.8) is 0 Å². The van der Waals surface area contributed by atoms with Crippen LogP contribution in [0.5, 0.6) is 0 Å². The summed E-state index contributed by atoms with van der Waals surface area (Å²) in [6.45, 7) is 2.07. The first-order valence-corrected chi connectivity index (χ1v) is 5.78. The number of rotatable bonds is 2. The van der Waals surface area contributed by atoms with Gasteiger partial charge >= 0.3 is 0 Å². The average molecular weight is 321 g/mol. The van der Waals surface area contributed by atoms with Crippen LogP contribution in [-0.4, -0.2) is 5.16 Å². The lowest BCUT2D eigenvalue weighted by Gasteiger charge is -2.06. The number of thiocarbonyl (C=S) groups is 1. The van der Waals surface area contributed by atoms with Crippen molar-refractivity contribution in [3.8, 4) is 0 Å². The summed E-state index contributed by atoms with van der Waals surface area (Å²) in [6, 6.07) is 5.85. The third-order valence-electron chi connectivity index (χ3n) is 1.59. The number of halogens is 2. The molecule has 1 unspecified atom stereocenters. The second kappa shape index (κ2) is 5.01. The summed E-state index contributed by atoms with van der Waals surface area (Å²) in [5, 5.41) is 2.34. The Kier molecular flexibility index (Phi) is 4.26. The number of nitrogens with zero attached hydrogens (tertiary/aromatic N) is 1. The molecule has 0 amide bonds. The molecule has 0 radical (unpaired) electrons. The number of isothiocyanates is 1. The molecule has 68 valence electrons. The molecule has 1 aromatic rings. The van der Waals surface area contributed by atoms with Crippen molar-refractivity contribution in [2.45, 2.75) is 11.8 Å². The zero-order valence-electron chi connectivity index (χ0n) is 6.92. The fraction of sp³-hybridized carbons (Fsp3) is 0.222. The number of aliphatic imine (C=N–C) groups is 1. The topological polar surface area (TPSA) is 12.4 Å². The number of hydrogen-bond donors (Lipinski definition) is 0. The van der Waals surface area contributed by atoms with E-state index in [2.05, 4.69) is 61.2 Å². The zero-order valence-corrected chi connectivity index (χ0v) is 10.9. The van der Waals surface area contributed by atoms with Crippen LogP contribution in [0.4, 0.5) is 5.69 Å². The highest BCUT2D eigenvalue weighted by atomic mass is 79.9. The minimum atomic E-state index is 0.326. The van der Waals surface area contributed by atoms with E-state index in [9.17, 15) is 0 Å². The molecule has 0 heterocycles. The largest absolute Gasteiger partial charge is 0.195 e. The van der Waals surface area contributed by atoms with Crippen molar-refractivity contribution in [3.05, 3.63) is 28.2 Å². The lowest BCUT2D eigenvalue weighted by Crippen LogP contribution is -1.84. The Labute approximate surface area is 99.5 Å². The summed E-state index contributed by atoms with van der Waals surface area (Å²) in [5.74, 6) is 0. The van der Waals surface area contributed by atoms with Gasteiger partial charge in [0.05, 0.1) is 10.8 Å². The molecule has 0 N–H and O–H groups in total. The zero-order chi connectivity index (χ0) is 9.84. The van der Waals surface area contributed by atoms with E-state index in [0.29, 0.717) is 4.83 Å². The lowest BCUT2D eigenvalue weighted by atomic mass is 10.1. The van der Waals surface area contributed by atoms with Gasteiger partial charge in [-0.05, 0) is 36.8 Å². The van der Waals surface area contributed by atoms with E-state index >= 15 is 0 Å². The van der Waals surface area contributed by atoms with Gasteiger partial charge in [0.1, 0.15) is 0 Å². The molecule has 0 saturated heterocycles. The van der Waals surface area contributed by atoms with E-state index in [-0.39, 0.29) is 0 Å². The van der Waals surface area contributed by atoms with E-state index in [0.717, 1.165) is 10.2 Å². The van der Waals surface area contributed by atoms with Gasteiger partial charge in [-0.2, -0.15) is 4.99 Å². The van der Waals surface area contributed by atoms with Crippen molar-refractivity contribution in [2.75, 3.05) is 0 Å². The first-order valence-electron chi connectivity index (χ1n) is 3.66. The molecule has 0 aliphatic rings. The Morgan fingerprint density at radius 3 is 2.69 bits per heavy atom. The number of benzene rings is 1. The van der Waals surface area contributed by atoms with Crippen LogP contribution in [0.3, 0.4) is 0 Å². The van der Waals surface area contributed by atoms with E-state index in [1.54, 1.807) is 0 Å². The van der Waals surface area contributed by atoms with Gasteiger partial charge in [-0.3, -0.25) is 0 Å². The maximum absolute atomic E-state index is 4.52. The van der Waals surface area contributed by atoms with Gasteiger partial charge in [-0.15, -0.1) is 0 Å². The third-order valence-corrected chi connectivity index (χ3v) is 2.86. The Hall–Kier alpha value is -0.0200. The van der Waals surface area contributed by atoms with Gasteiger partial charge in [0.2, 0.25) is 0 Å². The molecule has 0 spiro atoms. The Bertz CT molecular complexity index is 357. The van der Waals surface area contributed by atoms with E-state index in [4.69, 9.17) is 0 Å². The molecule has 1 atom stereocenters. The van der Waals surface area contributed by atoms with E-state index in [1.165, 1.54) is 5.56 Å². The quantitative estimate of drug-likeness (QED) is 0.439. The van der Waals surface area contributed by atoms with Crippen LogP contribution in [0.15, 0.2) is 27.7 Å². The Balaban J connectivity index is 3.12. The average Bonchev–Trinajstić information content (AvgIpc) is 2.04. The normalized spacial score (nSPS) is 11.9. The van der Waals surface area contributed by atoms with Crippen molar-refractivity contribution < 1.29 is 0 Å². The van der Waals surface area contributed by atoms with Crippen molar-refractivity contribution in [1.29, 1.82) is 0 Å². The van der Waals surface area contributed by atoms with Gasteiger partial charge in [-0.1, -0.05) is 37.9 Å². The molecular formula is C9H7Br2NS. The van der Waals surface area contributed by atoms with Crippen LogP contribution in [0.1, 0.15) is 17.3 Å². The van der Waals surface area contributed by atoms with Gasteiger partial charge in [-0.25, -0.2) is 0 Å². The van der Waals surface area contributed by atoms with E-state index in [1.807, 2.05) is 18.2 Å². The third kappa shape index (κ3) is 2.99. The molecule has 4 heteroatoms. The summed E-state index contributed by atoms with van der Waals surface area (Å²) >= 11 is 11.5. The summed E-state index contributed by atoms with van der Waals surface area (Å²) < 4.78 is 1.03. The summed E-state index contributed by atoms with van der Waals surface area (Å²) in [5.41, 5.74) is 2.02. The molecule has 13 heavy (non-hydrogen) atoms. The van der Waals surface area contributed by atoms with Crippen LogP contribution in [0, 0.1) is 0 Å². The fourth-order valence-electron chi connectivity index (χ4n) is 0.961. The lowest BCUT2D eigenvalue weighted by molar-refractivity contribution is 1.11. The highest BCUT2D eigenvalue weighted by molar-refractivity contribution is 9.11. The second-order valence-electron chi connectivity index (χ2n) is 2.52. The van der Waals surface area contributed by atoms with Crippen LogP contribution in [0.2, 0.25) is 0 Å². The van der Waals surface area contributed by atoms with Crippen molar-refractivity contribution >= 4 is 54.9 Å². The monoisotopic (exact) mass is 319 g/mol. The van der Waals surface area contributed by atoms with E-state index < -0.39 is 0 Å². The predicted octanol–water partition coefficient (Wildman–Crippen LogP) is 4.64. The molecular weight excluding hydrogens is 314 g/mol. The first-order chi connectivity index (χ1) is 6.15. The minimum absolute atomic E-state index is 0.326. The van der Waals surface area contributed by atoms with Gasteiger partial charge in [0.25, 0.3) is 0 Å². The van der Waals surface area contributed by atoms with Gasteiger partial charge in [0.15, 0.2) is 0 Å². The molecule has 1 aromatic carbocycles. The SMILES string of the molecule is CC(Br)c1ccc(N=C=S)cc1Br. The summed E-state index contributed by atoms with van der Waals surface area (Å²) in [4.78, 5) is 4.21. The van der Waals surface area contributed by atoms with Crippen LogP contribution >= 0.6 is 44.1 Å². The van der Waals surface area contributed by atoms with Crippen molar-refractivity contribution in [1.82, 2.24) is 0 Å². The predicted molar refractivity (Wildman–Crippen MR) is 66.2 cm³/mol. The van der Waals surface area contributed by atoms with Crippen LogP contribution < -0.4 is 0 Å². The highest BCUT2D eigenvalue weighted by Gasteiger charge is 2.05. The maximum Gasteiger partial charge on any atom is 0.0751 e. The van der Waals surface area contributed by atoms with Gasteiger partial charge in [0, 0.05) is 9.30 Å². The molecule has 1 rings (SSSR count). The van der Waals surface area contributed by atoms with Crippen LogP contribution in [0.25, 0.3) is 0 Å². The minimum Gasteiger partial charge on any atom is -0.195 e. The highest BCUT2D eigenvalue weighted by Crippen LogP contribution is 2.31.